The van der Waals surface area contributed by atoms with E-state index in [0.29, 0.717) is 56.0 Å². The summed E-state index contributed by atoms with van der Waals surface area (Å²) in [4.78, 5) is 52.0. The van der Waals surface area contributed by atoms with Gasteiger partial charge in [-0.15, -0.1) is 13.2 Å². The lowest BCUT2D eigenvalue weighted by Gasteiger charge is -2.37. The van der Waals surface area contributed by atoms with Crippen LogP contribution in [0.1, 0.15) is 66.2 Å². The lowest BCUT2D eigenvalue weighted by molar-refractivity contribution is -0.144. The number of nitrogens with zero attached hydrogens (tertiary/aromatic N) is 4. The first-order valence-electron chi connectivity index (χ1n) is 18.7. The summed E-state index contributed by atoms with van der Waals surface area (Å²) < 4.78 is 12.6. The monoisotopic (exact) mass is 700 g/mol. The number of likely N-dealkylation sites (tertiary alicyclic amines) is 1. The SMILES string of the molecule is C=CCN(C(=O)C1N(CCCCCCO)C(=O)[C@@H]2[C@@H](C(=O)N(CC=C)c3ccc(OCC)cc3)[C@@]3(C)CCC12O3)c1ccc(N(CC)CC)cc1. The molecule has 1 N–H and O–H groups in total. The van der Waals surface area contributed by atoms with Gasteiger partial charge in [-0.3, -0.25) is 14.4 Å². The molecule has 2 unspecified atom stereocenters. The Labute approximate surface area is 303 Å². The number of unbranched alkanes of at least 4 members (excludes halogenated alkanes) is 3. The second-order valence-corrected chi connectivity index (χ2v) is 14.0. The molecule has 276 valence electrons. The van der Waals surface area contributed by atoms with E-state index in [2.05, 4.69) is 31.9 Å². The van der Waals surface area contributed by atoms with E-state index in [9.17, 15) is 14.7 Å². The lowest BCUT2D eigenvalue weighted by Crippen LogP contribution is -2.56. The van der Waals surface area contributed by atoms with E-state index in [4.69, 9.17) is 9.47 Å². The molecule has 2 aromatic carbocycles. The molecule has 0 aliphatic carbocycles. The van der Waals surface area contributed by atoms with Crippen LogP contribution in [-0.4, -0.2) is 90.9 Å². The van der Waals surface area contributed by atoms with Gasteiger partial charge in [-0.25, -0.2) is 0 Å². The van der Waals surface area contributed by atoms with Gasteiger partial charge >= 0.3 is 0 Å². The number of rotatable bonds is 19. The number of fused-ring (bicyclic) bond motifs is 1. The molecule has 0 aromatic heterocycles. The first-order chi connectivity index (χ1) is 24.6. The van der Waals surface area contributed by atoms with Crippen LogP contribution in [-0.2, 0) is 19.1 Å². The van der Waals surface area contributed by atoms with Crippen LogP contribution in [0.15, 0.2) is 73.8 Å². The van der Waals surface area contributed by atoms with Crippen molar-refractivity contribution in [1.82, 2.24) is 4.90 Å². The molecule has 3 saturated heterocycles. The zero-order valence-corrected chi connectivity index (χ0v) is 30.9. The maximum atomic E-state index is 15.0. The smallest absolute Gasteiger partial charge is 0.253 e. The molecule has 5 rings (SSSR count). The molecule has 3 fully saturated rings. The average molecular weight is 701 g/mol. The normalized spacial score (nSPS) is 24.7. The van der Waals surface area contributed by atoms with Gasteiger partial charge in [-0.2, -0.15) is 0 Å². The van der Waals surface area contributed by atoms with Gasteiger partial charge in [0, 0.05) is 56.4 Å². The van der Waals surface area contributed by atoms with Gasteiger partial charge in [0.2, 0.25) is 11.8 Å². The lowest BCUT2D eigenvalue weighted by atomic mass is 9.66. The van der Waals surface area contributed by atoms with E-state index >= 15 is 4.79 Å². The topological polar surface area (TPSA) is 103 Å². The fraction of sp³-hybridized carbons (Fsp3) is 0.537. The molecule has 3 aliphatic rings. The zero-order chi connectivity index (χ0) is 36.8. The van der Waals surface area contributed by atoms with Crippen LogP contribution in [0.4, 0.5) is 17.1 Å². The number of ether oxygens (including phenoxy) is 2. The van der Waals surface area contributed by atoms with Crippen LogP contribution in [0.2, 0.25) is 0 Å². The molecule has 3 amide bonds. The molecule has 2 aromatic rings. The Kier molecular flexibility index (Phi) is 12.3. The summed E-state index contributed by atoms with van der Waals surface area (Å²) in [5, 5.41) is 9.33. The molecule has 10 nitrogen and oxygen atoms in total. The van der Waals surface area contributed by atoms with Gasteiger partial charge in [0.15, 0.2) is 0 Å². The summed E-state index contributed by atoms with van der Waals surface area (Å²) in [5.41, 5.74) is 0.367. The number of hydrogen-bond acceptors (Lipinski definition) is 7. The first-order valence-corrected chi connectivity index (χ1v) is 18.7. The molecular weight excluding hydrogens is 644 g/mol. The van der Waals surface area contributed by atoms with Gasteiger partial charge < -0.3 is 34.2 Å². The predicted molar refractivity (Wildman–Crippen MR) is 202 cm³/mol. The fourth-order valence-corrected chi connectivity index (χ4v) is 8.61. The minimum Gasteiger partial charge on any atom is -0.494 e. The molecular formula is C41H56N4O6. The van der Waals surface area contributed by atoms with Crippen molar-refractivity contribution in [1.29, 1.82) is 0 Å². The predicted octanol–water partition coefficient (Wildman–Crippen LogP) is 5.99. The van der Waals surface area contributed by atoms with Crippen LogP contribution in [0.25, 0.3) is 0 Å². The number of benzene rings is 2. The molecule has 0 saturated carbocycles. The number of aliphatic hydroxyl groups is 1. The van der Waals surface area contributed by atoms with Gasteiger partial charge in [0.25, 0.3) is 5.91 Å². The molecule has 3 heterocycles. The highest BCUT2D eigenvalue weighted by Gasteiger charge is 2.78. The van der Waals surface area contributed by atoms with Gasteiger partial charge in [0.05, 0.1) is 24.0 Å². The maximum absolute atomic E-state index is 15.0. The van der Waals surface area contributed by atoms with Crippen LogP contribution in [0.3, 0.4) is 0 Å². The Balaban J connectivity index is 1.53. The first kappa shape index (κ1) is 38.1. The zero-order valence-electron chi connectivity index (χ0n) is 30.9. The van der Waals surface area contributed by atoms with Crippen molar-refractivity contribution in [3.63, 3.8) is 0 Å². The van der Waals surface area contributed by atoms with Gasteiger partial charge in [-0.1, -0.05) is 25.0 Å². The molecule has 3 aliphatic heterocycles. The second-order valence-electron chi connectivity index (χ2n) is 14.0. The van der Waals surface area contributed by atoms with Crippen LogP contribution >= 0.6 is 0 Å². The van der Waals surface area contributed by atoms with E-state index in [-0.39, 0.29) is 37.4 Å². The third-order valence-electron chi connectivity index (χ3n) is 11.0. The molecule has 5 atom stereocenters. The number of aliphatic hydroxyl groups excluding tert-OH is 1. The van der Waals surface area contributed by atoms with Crippen molar-refractivity contribution < 1.29 is 29.0 Å². The fourth-order valence-electron chi connectivity index (χ4n) is 8.61. The van der Waals surface area contributed by atoms with Gasteiger partial charge in [-0.05, 0) is 102 Å². The van der Waals surface area contributed by atoms with Crippen molar-refractivity contribution in [2.75, 3.05) is 60.6 Å². The van der Waals surface area contributed by atoms with E-state index in [1.807, 2.05) is 62.4 Å². The molecule has 1 spiro atoms. The molecule has 51 heavy (non-hydrogen) atoms. The number of hydrogen-bond donors (Lipinski definition) is 1. The van der Waals surface area contributed by atoms with Crippen LogP contribution in [0, 0.1) is 11.8 Å². The van der Waals surface area contributed by atoms with E-state index in [1.54, 1.807) is 26.9 Å². The Morgan fingerprint density at radius 1 is 0.882 bits per heavy atom. The van der Waals surface area contributed by atoms with Crippen LogP contribution < -0.4 is 19.4 Å². The number of anilines is 3. The number of carbonyl (C=O) groups excluding carboxylic acids is 3. The summed E-state index contributed by atoms with van der Waals surface area (Å²) in [6.45, 7) is 19.2. The standard InChI is InChI=1S/C41H56N4O6/c1-7-26-43(32-20-22-33(23-21-32)50-11-5)37(47)34-35-38(48)45(28-14-12-13-15-29-46)36(41(35)25-24-40(34,6)51-41)39(49)44(27-8-2)31-18-16-30(17-19-31)42(9-3)10-4/h7-8,16-23,34-36,46H,1-2,9-15,24-29H2,3-6H3/t34-,35-,36?,40+,41?/m0/s1. The Hall–Kier alpha value is -4.15. The van der Waals surface area contributed by atoms with Crippen molar-refractivity contribution >= 4 is 34.8 Å². The van der Waals surface area contributed by atoms with Gasteiger partial charge in [0.1, 0.15) is 17.4 Å². The van der Waals surface area contributed by atoms with Crippen molar-refractivity contribution in [2.45, 2.75) is 83.5 Å². The second kappa shape index (κ2) is 16.5. The highest BCUT2D eigenvalue weighted by atomic mass is 16.5. The summed E-state index contributed by atoms with van der Waals surface area (Å²) in [5.74, 6) is -1.56. The Bertz CT molecular complexity index is 1540. The van der Waals surface area contributed by atoms with Crippen molar-refractivity contribution in [2.24, 2.45) is 11.8 Å². The third-order valence-corrected chi connectivity index (χ3v) is 11.0. The Morgan fingerprint density at radius 2 is 1.45 bits per heavy atom. The maximum Gasteiger partial charge on any atom is 0.253 e. The highest BCUT2D eigenvalue weighted by molar-refractivity contribution is 6.07. The minimum atomic E-state index is -1.16. The molecule has 0 radical (unpaired) electrons. The Morgan fingerprint density at radius 3 is 2.02 bits per heavy atom. The van der Waals surface area contributed by atoms with E-state index in [1.165, 1.54) is 0 Å². The minimum absolute atomic E-state index is 0.115. The largest absolute Gasteiger partial charge is 0.494 e. The summed E-state index contributed by atoms with van der Waals surface area (Å²) in [6, 6.07) is 14.4. The van der Waals surface area contributed by atoms with E-state index in [0.717, 1.165) is 31.6 Å². The number of carbonyl (C=O) groups is 3. The quantitative estimate of drug-likeness (QED) is 0.142. The molecule has 2 bridgehead atoms. The van der Waals surface area contributed by atoms with E-state index < -0.39 is 29.1 Å². The van der Waals surface area contributed by atoms with Crippen molar-refractivity contribution in [3.8, 4) is 5.75 Å². The summed E-state index contributed by atoms with van der Waals surface area (Å²) in [6.07, 6.45) is 7.40. The summed E-state index contributed by atoms with van der Waals surface area (Å²) >= 11 is 0. The highest BCUT2D eigenvalue weighted by Crippen LogP contribution is 2.63. The molecule has 10 heteroatoms. The average Bonchev–Trinajstić information content (AvgIpc) is 3.70. The summed E-state index contributed by atoms with van der Waals surface area (Å²) in [7, 11) is 0. The number of amides is 3. The van der Waals surface area contributed by atoms with Crippen LogP contribution in [0.5, 0.6) is 5.75 Å². The van der Waals surface area contributed by atoms with Crippen molar-refractivity contribution in [3.05, 3.63) is 73.8 Å². The third kappa shape index (κ3) is 7.17.